The number of pyridine rings is 1. The predicted octanol–water partition coefficient (Wildman–Crippen LogP) is 3.33. The lowest BCUT2D eigenvalue weighted by Gasteiger charge is -2.26. The Kier molecular flexibility index (Phi) is 7.00. The summed E-state index contributed by atoms with van der Waals surface area (Å²) in [6.07, 6.45) is 5.16. The van der Waals surface area contributed by atoms with E-state index < -0.39 is 29.1 Å². The minimum atomic E-state index is -1.03. The molecule has 0 bridgehead atoms. The van der Waals surface area contributed by atoms with Crippen LogP contribution in [0.2, 0.25) is 0 Å². The van der Waals surface area contributed by atoms with E-state index >= 15 is 0 Å². The zero-order chi connectivity index (χ0) is 24.2. The molecule has 1 fully saturated rings. The number of carbonyl (C=O) groups is 2. The number of nitrogens with zero attached hydrogens (tertiary/aromatic N) is 2. The number of rotatable bonds is 7. The predicted molar refractivity (Wildman–Crippen MR) is 123 cm³/mol. The van der Waals surface area contributed by atoms with Crippen molar-refractivity contribution in [3.05, 3.63) is 74.4 Å². The maximum Gasteiger partial charge on any atom is 0.356 e. The van der Waals surface area contributed by atoms with Gasteiger partial charge in [-0.15, -0.1) is 0 Å². The van der Waals surface area contributed by atoms with Crippen LogP contribution in [0.15, 0.2) is 46.0 Å². The number of benzene rings is 1. The zero-order valence-corrected chi connectivity index (χ0v) is 18.9. The van der Waals surface area contributed by atoms with Gasteiger partial charge in [0, 0.05) is 5.69 Å². The summed E-state index contributed by atoms with van der Waals surface area (Å²) < 4.78 is 19.5. The van der Waals surface area contributed by atoms with Gasteiger partial charge in [0.1, 0.15) is 17.6 Å². The Morgan fingerprint density at radius 2 is 1.94 bits per heavy atom. The second kappa shape index (κ2) is 10.1. The van der Waals surface area contributed by atoms with Crippen molar-refractivity contribution < 1.29 is 18.7 Å². The fraction of sp³-hybridized carbons (Fsp3) is 0.400. The number of carbonyl (C=O) groups excluding carboxylic acids is 2. The molecule has 1 unspecified atom stereocenters. The third-order valence-electron chi connectivity index (χ3n) is 6.41. The lowest BCUT2D eigenvalue weighted by Crippen LogP contribution is -2.42. The van der Waals surface area contributed by atoms with E-state index in [1.807, 2.05) is 0 Å². The van der Waals surface area contributed by atoms with Crippen LogP contribution in [0.4, 0.5) is 4.39 Å². The molecule has 0 amide bonds. The number of hydrogen-bond donors (Lipinski definition) is 1. The average Bonchev–Trinajstić information content (AvgIpc) is 2.84. The first-order chi connectivity index (χ1) is 16.4. The standard InChI is InChI=1S/C25H26FN3O5/c1-34-24(32)20-9-5-8-17(27-20)14-22(30)21(12-15-6-3-2-4-7-15)29-23(31)18-13-16(26)10-11-19(18)28-25(29)33/h5,8-11,13,15,21H,2-4,6-7,12,14H2,1H3,(H,28,33). The van der Waals surface area contributed by atoms with Crippen molar-refractivity contribution in [3.63, 3.8) is 0 Å². The molecule has 0 aliphatic heterocycles. The normalized spacial score (nSPS) is 15.2. The summed E-state index contributed by atoms with van der Waals surface area (Å²) in [5.41, 5.74) is -0.812. The lowest BCUT2D eigenvalue weighted by atomic mass is 9.83. The van der Waals surface area contributed by atoms with Gasteiger partial charge in [0.15, 0.2) is 5.78 Å². The highest BCUT2D eigenvalue weighted by Crippen LogP contribution is 2.31. The molecule has 1 aromatic carbocycles. The molecule has 1 aliphatic rings. The molecular weight excluding hydrogens is 441 g/mol. The maximum absolute atomic E-state index is 13.8. The lowest BCUT2D eigenvalue weighted by molar-refractivity contribution is -0.122. The van der Waals surface area contributed by atoms with Crippen molar-refractivity contribution in [2.75, 3.05) is 7.11 Å². The quantitative estimate of drug-likeness (QED) is 0.534. The van der Waals surface area contributed by atoms with Gasteiger partial charge in [-0.05, 0) is 42.7 Å². The Morgan fingerprint density at radius 1 is 1.18 bits per heavy atom. The summed E-state index contributed by atoms with van der Waals surface area (Å²) >= 11 is 0. The Labute approximate surface area is 194 Å². The minimum absolute atomic E-state index is 0.00635. The van der Waals surface area contributed by atoms with Crippen LogP contribution in [-0.2, 0) is 16.0 Å². The summed E-state index contributed by atoms with van der Waals surface area (Å²) in [7, 11) is 1.24. The Balaban J connectivity index is 1.74. The van der Waals surface area contributed by atoms with Crippen molar-refractivity contribution in [2.45, 2.75) is 51.0 Å². The van der Waals surface area contributed by atoms with E-state index in [0.717, 1.165) is 48.8 Å². The number of halogens is 1. The van der Waals surface area contributed by atoms with E-state index in [1.165, 1.54) is 19.2 Å². The molecule has 2 heterocycles. The summed E-state index contributed by atoms with van der Waals surface area (Å²) in [4.78, 5) is 58.3. The molecule has 0 spiro atoms. The van der Waals surface area contributed by atoms with Crippen LogP contribution in [0.1, 0.15) is 60.7 Å². The molecule has 1 atom stereocenters. The van der Waals surface area contributed by atoms with Gasteiger partial charge in [-0.25, -0.2) is 23.5 Å². The van der Waals surface area contributed by atoms with Crippen molar-refractivity contribution in [2.24, 2.45) is 5.92 Å². The summed E-state index contributed by atoms with van der Waals surface area (Å²) in [6.45, 7) is 0. The van der Waals surface area contributed by atoms with Gasteiger partial charge in [0.25, 0.3) is 5.56 Å². The van der Waals surface area contributed by atoms with Crippen LogP contribution >= 0.6 is 0 Å². The first kappa shape index (κ1) is 23.5. The molecule has 2 aromatic heterocycles. The Hall–Kier alpha value is -3.62. The number of methoxy groups -OCH3 is 1. The molecule has 0 saturated heterocycles. The number of Topliss-reactive ketones (excluding diaryl/α,β-unsaturated/α-hetero) is 1. The number of aromatic nitrogens is 3. The van der Waals surface area contributed by atoms with Gasteiger partial charge in [-0.3, -0.25) is 9.59 Å². The molecule has 8 nitrogen and oxygen atoms in total. The number of nitrogens with one attached hydrogen (secondary N) is 1. The van der Waals surface area contributed by atoms with Gasteiger partial charge in [0.05, 0.1) is 24.4 Å². The number of hydrogen-bond acceptors (Lipinski definition) is 6. The zero-order valence-electron chi connectivity index (χ0n) is 18.9. The number of esters is 1. The van der Waals surface area contributed by atoms with E-state index in [1.54, 1.807) is 12.1 Å². The SMILES string of the molecule is COC(=O)c1cccc(CC(=O)C(CC2CCCCC2)n2c(=O)[nH]c3ccc(F)cc3c2=O)n1. The van der Waals surface area contributed by atoms with Crippen LogP contribution in [0.5, 0.6) is 0 Å². The smallest absolute Gasteiger partial charge is 0.356 e. The number of H-pyrrole nitrogens is 1. The highest BCUT2D eigenvalue weighted by atomic mass is 19.1. The third-order valence-corrected chi connectivity index (χ3v) is 6.41. The molecule has 34 heavy (non-hydrogen) atoms. The summed E-state index contributed by atoms with van der Waals surface area (Å²) in [6, 6.07) is 7.20. The van der Waals surface area contributed by atoms with E-state index in [-0.39, 0.29) is 34.7 Å². The van der Waals surface area contributed by atoms with Gasteiger partial charge in [0.2, 0.25) is 0 Å². The monoisotopic (exact) mass is 467 g/mol. The fourth-order valence-corrected chi connectivity index (χ4v) is 4.69. The molecule has 4 rings (SSSR count). The third kappa shape index (κ3) is 4.98. The molecule has 1 N–H and O–H groups in total. The van der Waals surface area contributed by atoms with Crippen molar-refractivity contribution in [1.82, 2.24) is 14.5 Å². The molecule has 1 saturated carbocycles. The molecule has 1 aliphatic carbocycles. The van der Waals surface area contributed by atoms with Crippen LogP contribution in [0, 0.1) is 11.7 Å². The second-order valence-corrected chi connectivity index (χ2v) is 8.70. The average molecular weight is 467 g/mol. The minimum Gasteiger partial charge on any atom is -0.464 e. The highest BCUT2D eigenvalue weighted by molar-refractivity contribution is 5.88. The van der Waals surface area contributed by atoms with E-state index in [9.17, 15) is 23.6 Å². The fourth-order valence-electron chi connectivity index (χ4n) is 4.69. The van der Waals surface area contributed by atoms with E-state index in [2.05, 4.69) is 14.7 Å². The first-order valence-electron chi connectivity index (χ1n) is 11.4. The highest BCUT2D eigenvalue weighted by Gasteiger charge is 2.29. The van der Waals surface area contributed by atoms with E-state index in [4.69, 9.17) is 0 Å². The molecule has 0 radical (unpaired) electrons. The second-order valence-electron chi connectivity index (χ2n) is 8.70. The summed E-state index contributed by atoms with van der Waals surface area (Å²) in [5, 5.41) is 0.00635. The first-order valence-corrected chi connectivity index (χ1v) is 11.4. The van der Waals surface area contributed by atoms with Gasteiger partial charge in [-0.1, -0.05) is 38.2 Å². The maximum atomic E-state index is 13.8. The van der Waals surface area contributed by atoms with Gasteiger partial charge < -0.3 is 9.72 Å². The Bertz CT molecular complexity index is 1340. The van der Waals surface area contributed by atoms with Crippen molar-refractivity contribution in [1.29, 1.82) is 0 Å². The van der Waals surface area contributed by atoms with Crippen LogP contribution in [0.3, 0.4) is 0 Å². The molecule has 3 aromatic rings. The van der Waals surface area contributed by atoms with Gasteiger partial charge >= 0.3 is 11.7 Å². The molecular formula is C25H26FN3O5. The van der Waals surface area contributed by atoms with Crippen molar-refractivity contribution in [3.8, 4) is 0 Å². The Morgan fingerprint density at radius 3 is 2.68 bits per heavy atom. The number of aromatic amines is 1. The summed E-state index contributed by atoms with van der Waals surface area (Å²) in [5.74, 6) is -1.42. The topological polar surface area (TPSA) is 111 Å². The number of ketones is 1. The number of fused-ring (bicyclic) bond motifs is 1. The van der Waals surface area contributed by atoms with Crippen LogP contribution in [0.25, 0.3) is 10.9 Å². The van der Waals surface area contributed by atoms with Crippen LogP contribution < -0.4 is 11.2 Å². The van der Waals surface area contributed by atoms with Crippen molar-refractivity contribution >= 4 is 22.7 Å². The molecule has 9 heteroatoms. The number of ether oxygens (including phenoxy) is 1. The van der Waals surface area contributed by atoms with Gasteiger partial charge in [-0.2, -0.15) is 0 Å². The molecule has 178 valence electrons. The van der Waals surface area contributed by atoms with Crippen LogP contribution in [-0.4, -0.2) is 33.4 Å². The largest absolute Gasteiger partial charge is 0.464 e. The van der Waals surface area contributed by atoms with E-state index in [0.29, 0.717) is 12.1 Å².